The van der Waals surface area contributed by atoms with Crippen LogP contribution < -0.4 is 10.1 Å². The second kappa shape index (κ2) is 8.70. The van der Waals surface area contributed by atoms with E-state index in [0.717, 1.165) is 11.1 Å². The first-order chi connectivity index (χ1) is 12.8. The number of hydrogen-bond donors (Lipinski definition) is 1. The van der Waals surface area contributed by atoms with Crippen molar-refractivity contribution in [2.24, 2.45) is 0 Å². The van der Waals surface area contributed by atoms with E-state index in [0.29, 0.717) is 30.7 Å². The number of benzene rings is 2. The minimum Gasteiger partial charge on any atom is -0.484 e. The van der Waals surface area contributed by atoms with Crippen molar-refractivity contribution < 1.29 is 13.9 Å². The van der Waals surface area contributed by atoms with E-state index in [9.17, 15) is 0 Å². The molecule has 0 radical (unpaired) electrons. The maximum absolute atomic E-state index is 9.13. The first kappa shape index (κ1) is 17.5. The SMILES string of the molecule is COCCNc1oc(COc2ccc(-c3ccccc3)cc2)nc1C#N. The van der Waals surface area contributed by atoms with Gasteiger partial charge in [-0.25, -0.2) is 0 Å². The molecule has 0 saturated carbocycles. The van der Waals surface area contributed by atoms with Crippen LogP contribution >= 0.6 is 0 Å². The Balaban J connectivity index is 1.61. The van der Waals surface area contributed by atoms with E-state index in [2.05, 4.69) is 22.4 Å². The highest BCUT2D eigenvalue weighted by atomic mass is 16.5. The molecule has 26 heavy (non-hydrogen) atoms. The third-order valence-corrected chi connectivity index (χ3v) is 3.69. The second-order valence-corrected chi connectivity index (χ2v) is 5.50. The van der Waals surface area contributed by atoms with Crippen molar-refractivity contribution >= 4 is 5.88 Å². The molecule has 0 aliphatic carbocycles. The van der Waals surface area contributed by atoms with Crippen LogP contribution in [0.1, 0.15) is 11.6 Å². The van der Waals surface area contributed by atoms with Crippen molar-refractivity contribution in [3.05, 3.63) is 66.2 Å². The number of nitriles is 1. The van der Waals surface area contributed by atoms with Gasteiger partial charge in [-0.2, -0.15) is 10.2 Å². The van der Waals surface area contributed by atoms with Crippen LogP contribution in [0.5, 0.6) is 5.75 Å². The molecule has 3 aromatic rings. The molecule has 6 nitrogen and oxygen atoms in total. The zero-order valence-corrected chi connectivity index (χ0v) is 14.4. The fourth-order valence-electron chi connectivity index (χ4n) is 2.41. The van der Waals surface area contributed by atoms with E-state index in [1.54, 1.807) is 7.11 Å². The number of ether oxygens (including phenoxy) is 2. The van der Waals surface area contributed by atoms with Gasteiger partial charge in [-0.15, -0.1) is 0 Å². The van der Waals surface area contributed by atoms with Gasteiger partial charge < -0.3 is 19.2 Å². The van der Waals surface area contributed by atoms with Crippen molar-refractivity contribution in [2.75, 3.05) is 25.6 Å². The van der Waals surface area contributed by atoms with Crippen LogP contribution in [0.4, 0.5) is 5.88 Å². The largest absolute Gasteiger partial charge is 0.484 e. The van der Waals surface area contributed by atoms with Crippen molar-refractivity contribution in [2.45, 2.75) is 6.61 Å². The predicted octanol–water partition coefficient (Wildman–Crippen LogP) is 3.85. The van der Waals surface area contributed by atoms with E-state index < -0.39 is 0 Å². The molecule has 1 N–H and O–H groups in total. The zero-order valence-electron chi connectivity index (χ0n) is 14.4. The highest BCUT2D eigenvalue weighted by molar-refractivity contribution is 5.63. The minimum atomic E-state index is 0.144. The molecule has 0 saturated heterocycles. The number of oxazole rings is 1. The topological polar surface area (TPSA) is 80.3 Å². The molecule has 0 aliphatic heterocycles. The van der Waals surface area contributed by atoms with E-state index >= 15 is 0 Å². The van der Waals surface area contributed by atoms with Crippen molar-refractivity contribution in [1.29, 1.82) is 5.26 Å². The van der Waals surface area contributed by atoms with Gasteiger partial charge in [-0.3, -0.25) is 0 Å². The Kier molecular flexibility index (Phi) is 5.86. The monoisotopic (exact) mass is 349 g/mol. The van der Waals surface area contributed by atoms with Crippen molar-refractivity contribution in [3.8, 4) is 22.9 Å². The molecule has 132 valence electrons. The third kappa shape index (κ3) is 4.41. The van der Waals surface area contributed by atoms with Crippen LogP contribution in [-0.4, -0.2) is 25.2 Å². The van der Waals surface area contributed by atoms with Crippen LogP contribution in [0.3, 0.4) is 0 Å². The van der Waals surface area contributed by atoms with E-state index in [1.165, 1.54) is 0 Å². The summed E-state index contributed by atoms with van der Waals surface area (Å²) in [4.78, 5) is 4.13. The zero-order chi connectivity index (χ0) is 18.2. The molecule has 0 unspecified atom stereocenters. The molecule has 0 aliphatic rings. The van der Waals surface area contributed by atoms with Gasteiger partial charge in [-0.05, 0) is 23.3 Å². The summed E-state index contributed by atoms with van der Waals surface area (Å²) in [5, 5.41) is 12.1. The average Bonchev–Trinajstić information content (AvgIpc) is 3.10. The minimum absolute atomic E-state index is 0.144. The summed E-state index contributed by atoms with van der Waals surface area (Å²) in [5.74, 6) is 1.38. The van der Waals surface area contributed by atoms with Gasteiger partial charge in [0.1, 0.15) is 11.8 Å². The van der Waals surface area contributed by atoms with E-state index in [4.69, 9.17) is 19.2 Å². The Morgan fingerprint density at radius 2 is 1.81 bits per heavy atom. The molecule has 6 heteroatoms. The van der Waals surface area contributed by atoms with Gasteiger partial charge >= 0.3 is 0 Å². The summed E-state index contributed by atoms with van der Waals surface area (Å²) in [7, 11) is 1.61. The van der Waals surface area contributed by atoms with Gasteiger partial charge in [-0.1, -0.05) is 42.5 Å². The number of hydrogen-bond acceptors (Lipinski definition) is 6. The van der Waals surface area contributed by atoms with Gasteiger partial charge in [0, 0.05) is 13.7 Å². The average molecular weight is 349 g/mol. The summed E-state index contributed by atoms with van der Waals surface area (Å²) in [6.07, 6.45) is 0. The lowest BCUT2D eigenvalue weighted by molar-refractivity contribution is 0.210. The number of aromatic nitrogens is 1. The molecule has 0 atom stereocenters. The fourth-order valence-corrected chi connectivity index (χ4v) is 2.41. The molecule has 1 aromatic heterocycles. The quantitative estimate of drug-likeness (QED) is 0.622. The lowest BCUT2D eigenvalue weighted by atomic mass is 10.1. The number of nitrogens with one attached hydrogen (secondary N) is 1. The van der Waals surface area contributed by atoms with Crippen LogP contribution in [0.15, 0.2) is 59.0 Å². The maximum Gasteiger partial charge on any atom is 0.236 e. The first-order valence-corrected chi connectivity index (χ1v) is 8.21. The molecule has 2 aromatic carbocycles. The summed E-state index contributed by atoms with van der Waals surface area (Å²) < 4.78 is 16.2. The molecule has 0 amide bonds. The van der Waals surface area contributed by atoms with E-state index in [-0.39, 0.29) is 12.3 Å². The smallest absolute Gasteiger partial charge is 0.236 e. The molecule has 0 bridgehead atoms. The maximum atomic E-state index is 9.13. The summed E-state index contributed by atoms with van der Waals surface area (Å²) in [5.41, 5.74) is 2.47. The Labute approximate surface area is 152 Å². The van der Waals surface area contributed by atoms with Crippen LogP contribution in [-0.2, 0) is 11.3 Å². The normalized spacial score (nSPS) is 10.3. The van der Waals surface area contributed by atoms with Gasteiger partial charge in [0.2, 0.25) is 17.5 Å². The molecule has 0 spiro atoms. The summed E-state index contributed by atoms with van der Waals surface area (Å²) in [6, 6.07) is 19.9. The Morgan fingerprint density at radius 3 is 2.50 bits per heavy atom. The Hall–Kier alpha value is -3.30. The predicted molar refractivity (Wildman–Crippen MR) is 97.8 cm³/mol. The first-order valence-electron chi connectivity index (χ1n) is 8.21. The molecular formula is C20H19N3O3. The summed E-state index contributed by atoms with van der Waals surface area (Å²) >= 11 is 0. The third-order valence-electron chi connectivity index (χ3n) is 3.69. The molecular weight excluding hydrogens is 330 g/mol. The lowest BCUT2D eigenvalue weighted by Gasteiger charge is -2.06. The molecule has 3 rings (SSSR count). The highest BCUT2D eigenvalue weighted by Crippen LogP contribution is 2.23. The van der Waals surface area contributed by atoms with Crippen molar-refractivity contribution in [3.63, 3.8) is 0 Å². The van der Waals surface area contributed by atoms with Crippen LogP contribution in [0, 0.1) is 11.3 Å². The summed E-state index contributed by atoms with van der Waals surface area (Å²) in [6.45, 7) is 1.18. The number of nitrogens with zero attached hydrogens (tertiary/aromatic N) is 2. The van der Waals surface area contributed by atoms with Gasteiger partial charge in [0.15, 0.2) is 6.61 Å². The molecule has 1 heterocycles. The Bertz CT molecular complexity index is 868. The van der Waals surface area contributed by atoms with Crippen LogP contribution in [0.25, 0.3) is 11.1 Å². The molecule has 0 fully saturated rings. The van der Waals surface area contributed by atoms with Crippen LogP contribution in [0.2, 0.25) is 0 Å². The van der Waals surface area contributed by atoms with Crippen molar-refractivity contribution in [1.82, 2.24) is 4.98 Å². The van der Waals surface area contributed by atoms with E-state index in [1.807, 2.05) is 48.5 Å². The Morgan fingerprint density at radius 1 is 1.08 bits per heavy atom. The van der Waals surface area contributed by atoms with Gasteiger partial charge in [0.05, 0.1) is 6.61 Å². The number of methoxy groups -OCH3 is 1. The standard InChI is InChI=1S/C20H19N3O3/c1-24-12-11-22-20-18(13-21)23-19(26-20)14-25-17-9-7-16(8-10-17)15-5-3-2-4-6-15/h2-10,22H,11-12,14H2,1H3. The number of anilines is 1. The second-order valence-electron chi connectivity index (χ2n) is 5.50. The number of rotatable bonds is 8. The fraction of sp³-hybridized carbons (Fsp3) is 0.200. The lowest BCUT2D eigenvalue weighted by Crippen LogP contribution is -2.07. The highest BCUT2D eigenvalue weighted by Gasteiger charge is 2.13. The van der Waals surface area contributed by atoms with Gasteiger partial charge in [0.25, 0.3) is 0 Å².